The molecule has 6 nitrogen and oxygen atoms in total. The maximum Gasteiger partial charge on any atom is 0.155 e. The van der Waals surface area contributed by atoms with Gasteiger partial charge in [-0.25, -0.2) is 9.67 Å². The second-order valence-electron chi connectivity index (χ2n) is 7.37. The van der Waals surface area contributed by atoms with Crippen molar-refractivity contribution in [2.45, 2.75) is 53.1 Å². The average Bonchev–Trinajstić information content (AvgIpc) is 3.20. The van der Waals surface area contributed by atoms with Crippen LogP contribution in [0.25, 0.3) is 0 Å². The fourth-order valence-corrected chi connectivity index (χ4v) is 4.23. The van der Waals surface area contributed by atoms with Crippen LogP contribution < -0.4 is 4.74 Å². The number of hydrogen-bond donors (Lipinski definition) is 1. The molecule has 2 aromatic rings. The van der Waals surface area contributed by atoms with Gasteiger partial charge >= 0.3 is 0 Å². The number of aromatic nitrogens is 2. The van der Waals surface area contributed by atoms with E-state index in [2.05, 4.69) is 41.4 Å². The van der Waals surface area contributed by atoms with E-state index in [1.807, 2.05) is 30.0 Å². The Balaban J connectivity index is 1.63. The Bertz CT molecular complexity index is 908. The second kappa shape index (κ2) is 7.04. The van der Waals surface area contributed by atoms with Gasteiger partial charge in [0.25, 0.3) is 0 Å². The van der Waals surface area contributed by atoms with Gasteiger partial charge in [0.1, 0.15) is 12.0 Å². The van der Waals surface area contributed by atoms with Gasteiger partial charge in [-0.05, 0) is 39.0 Å². The highest BCUT2D eigenvalue weighted by atomic mass is 79.9. The molecule has 144 valence electrons. The summed E-state index contributed by atoms with van der Waals surface area (Å²) in [5, 5.41) is 15.9. The van der Waals surface area contributed by atoms with Gasteiger partial charge in [0, 0.05) is 40.3 Å². The smallest absolute Gasteiger partial charge is 0.155 e. The van der Waals surface area contributed by atoms with Crippen molar-refractivity contribution in [3.8, 4) is 5.75 Å². The van der Waals surface area contributed by atoms with E-state index < -0.39 is 6.23 Å². The number of aliphatic imine (C=N–C) groups is 1. The summed E-state index contributed by atoms with van der Waals surface area (Å²) >= 11 is 3.49. The van der Waals surface area contributed by atoms with Crippen LogP contribution in [0, 0.1) is 5.92 Å². The monoisotopic (exact) mass is 432 g/mol. The number of nitrogens with zero attached hydrogens (tertiary/aromatic N) is 4. The van der Waals surface area contributed by atoms with Gasteiger partial charge in [-0.3, -0.25) is 4.90 Å². The number of fused-ring (bicyclic) bond motifs is 3. The highest BCUT2D eigenvalue weighted by Crippen LogP contribution is 2.41. The standard InChI is InChI=1S/C20H25BrN4O2/c1-5-27-18-7-6-14(21)8-15(18)20(26)24-9-16-17(10-24)23-25-13(4)11(2)12(3)22-19(16)25/h6-8,11,13,20,26H,5,9-10H2,1-4H3. The van der Waals surface area contributed by atoms with Crippen molar-refractivity contribution in [1.82, 2.24) is 14.7 Å². The predicted octanol–water partition coefficient (Wildman–Crippen LogP) is 4.35. The van der Waals surface area contributed by atoms with Crippen LogP contribution in [-0.4, -0.2) is 32.1 Å². The van der Waals surface area contributed by atoms with E-state index >= 15 is 0 Å². The number of ether oxygens (including phenoxy) is 1. The molecule has 1 N–H and O–H groups in total. The SMILES string of the molecule is CCOc1ccc(Br)cc1C(O)N1Cc2nn3c(c2C1)N=C(C)C(C)C3C. The number of aliphatic hydroxyl groups is 1. The van der Waals surface area contributed by atoms with Crippen LogP contribution in [0.1, 0.15) is 56.8 Å². The molecule has 0 aliphatic carbocycles. The lowest BCUT2D eigenvalue weighted by Gasteiger charge is -2.28. The molecule has 7 heteroatoms. The first-order valence-corrected chi connectivity index (χ1v) is 10.2. The van der Waals surface area contributed by atoms with Gasteiger partial charge in [-0.15, -0.1) is 0 Å². The van der Waals surface area contributed by atoms with E-state index in [4.69, 9.17) is 14.8 Å². The predicted molar refractivity (Wildman–Crippen MR) is 108 cm³/mol. The van der Waals surface area contributed by atoms with Gasteiger partial charge in [0.15, 0.2) is 5.82 Å². The Kier molecular flexibility index (Phi) is 4.86. The maximum atomic E-state index is 11.0. The lowest BCUT2D eigenvalue weighted by Crippen LogP contribution is -2.27. The molecule has 3 atom stereocenters. The normalized spacial score (nSPS) is 23.0. The maximum absolute atomic E-state index is 11.0. The summed E-state index contributed by atoms with van der Waals surface area (Å²) in [6.07, 6.45) is -0.760. The Morgan fingerprint density at radius 2 is 2.11 bits per heavy atom. The summed E-state index contributed by atoms with van der Waals surface area (Å²) in [6, 6.07) is 6.04. The topological polar surface area (TPSA) is 62.9 Å². The minimum Gasteiger partial charge on any atom is -0.493 e. The Hall–Kier alpha value is -1.70. The molecule has 2 aliphatic heterocycles. The van der Waals surface area contributed by atoms with Crippen LogP contribution in [0.2, 0.25) is 0 Å². The number of halogens is 1. The highest BCUT2D eigenvalue weighted by molar-refractivity contribution is 9.10. The Morgan fingerprint density at radius 3 is 2.85 bits per heavy atom. The summed E-state index contributed by atoms with van der Waals surface area (Å²) in [7, 11) is 0. The third-order valence-corrected chi connectivity index (χ3v) is 6.22. The first kappa shape index (κ1) is 18.7. The molecule has 0 fully saturated rings. The number of aliphatic hydroxyl groups excluding tert-OH is 1. The van der Waals surface area contributed by atoms with Crippen LogP contribution >= 0.6 is 15.9 Å². The lowest BCUT2D eigenvalue weighted by molar-refractivity contribution is -0.00458. The van der Waals surface area contributed by atoms with Crippen molar-refractivity contribution in [3.63, 3.8) is 0 Å². The van der Waals surface area contributed by atoms with Crippen LogP contribution in [0.3, 0.4) is 0 Å². The second-order valence-corrected chi connectivity index (χ2v) is 8.29. The van der Waals surface area contributed by atoms with Crippen LogP contribution in [0.15, 0.2) is 27.7 Å². The zero-order chi connectivity index (χ0) is 19.3. The number of rotatable bonds is 4. The van der Waals surface area contributed by atoms with E-state index in [0.717, 1.165) is 32.8 Å². The lowest BCUT2D eigenvalue weighted by atomic mass is 9.97. The fraction of sp³-hybridized carbons (Fsp3) is 0.500. The Labute approximate surface area is 168 Å². The molecule has 3 heterocycles. The number of benzene rings is 1. The fourth-order valence-electron chi connectivity index (χ4n) is 3.86. The molecule has 4 rings (SSSR count). The molecule has 1 aromatic heterocycles. The van der Waals surface area contributed by atoms with Crippen molar-refractivity contribution < 1.29 is 9.84 Å². The molecule has 0 saturated heterocycles. The van der Waals surface area contributed by atoms with Crippen molar-refractivity contribution >= 4 is 27.5 Å². The summed E-state index contributed by atoms with van der Waals surface area (Å²) in [4.78, 5) is 6.82. The molecule has 3 unspecified atom stereocenters. The average molecular weight is 433 g/mol. The summed E-state index contributed by atoms with van der Waals surface area (Å²) in [5.74, 6) is 2.04. The minimum atomic E-state index is -0.760. The highest BCUT2D eigenvalue weighted by Gasteiger charge is 2.36. The molecule has 1 aromatic carbocycles. The molecule has 0 spiro atoms. The summed E-state index contributed by atoms with van der Waals surface area (Å²) < 4.78 is 8.68. The van der Waals surface area contributed by atoms with Crippen LogP contribution in [0.4, 0.5) is 5.82 Å². The zero-order valence-corrected chi connectivity index (χ0v) is 17.7. The molecule has 27 heavy (non-hydrogen) atoms. The molecule has 0 saturated carbocycles. The van der Waals surface area contributed by atoms with Crippen molar-refractivity contribution in [1.29, 1.82) is 0 Å². The third kappa shape index (κ3) is 3.11. The van der Waals surface area contributed by atoms with Crippen LogP contribution in [-0.2, 0) is 13.1 Å². The summed E-state index contributed by atoms with van der Waals surface area (Å²) in [5.41, 5.74) is 4.04. The van der Waals surface area contributed by atoms with Gasteiger partial charge < -0.3 is 9.84 Å². The van der Waals surface area contributed by atoms with Crippen molar-refractivity contribution in [3.05, 3.63) is 39.5 Å². The largest absolute Gasteiger partial charge is 0.493 e. The van der Waals surface area contributed by atoms with E-state index in [9.17, 15) is 5.11 Å². The van der Waals surface area contributed by atoms with Gasteiger partial charge in [0.05, 0.1) is 18.3 Å². The Morgan fingerprint density at radius 1 is 1.33 bits per heavy atom. The van der Waals surface area contributed by atoms with E-state index in [1.165, 1.54) is 0 Å². The van der Waals surface area contributed by atoms with E-state index in [1.54, 1.807) is 0 Å². The third-order valence-electron chi connectivity index (χ3n) is 5.72. The minimum absolute atomic E-state index is 0.302. The number of hydrogen-bond acceptors (Lipinski definition) is 5. The van der Waals surface area contributed by atoms with E-state index in [0.29, 0.717) is 37.4 Å². The molecular weight excluding hydrogens is 408 g/mol. The summed E-state index contributed by atoms with van der Waals surface area (Å²) in [6.45, 7) is 10.2. The molecule has 0 bridgehead atoms. The molecule has 0 radical (unpaired) electrons. The van der Waals surface area contributed by atoms with E-state index in [-0.39, 0.29) is 0 Å². The van der Waals surface area contributed by atoms with Crippen molar-refractivity contribution in [2.24, 2.45) is 10.9 Å². The van der Waals surface area contributed by atoms with Gasteiger partial charge in [-0.1, -0.05) is 22.9 Å². The quantitative estimate of drug-likeness (QED) is 0.779. The van der Waals surface area contributed by atoms with Gasteiger partial charge in [-0.2, -0.15) is 5.10 Å². The first-order chi connectivity index (χ1) is 12.9. The molecule has 2 aliphatic rings. The first-order valence-electron chi connectivity index (χ1n) is 9.40. The van der Waals surface area contributed by atoms with Gasteiger partial charge in [0.2, 0.25) is 0 Å². The molecular formula is C20H25BrN4O2. The zero-order valence-electron chi connectivity index (χ0n) is 16.1. The molecule has 0 amide bonds. The van der Waals surface area contributed by atoms with Crippen molar-refractivity contribution in [2.75, 3.05) is 6.61 Å². The van der Waals surface area contributed by atoms with Crippen LogP contribution in [0.5, 0.6) is 5.75 Å².